The molecule has 1 aliphatic carbocycles. The zero-order chi connectivity index (χ0) is 14.5. The van der Waals surface area contributed by atoms with E-state index in [0.717, 1.165) is 56.9 Å². The van der Waals surface area contributed by atoms with Crippen LogP contribution in [0.1, 0.15) is 25.3 Å². The van der Waals surface area contributed by atoms with Crippen LogP contribution in [-0.2, 0) is 11.2 Å². The van der Waals surface area contributed by atoms with Gasteiger partial charge in [0.2, 0.25) is 0 Å². The highest BCUT2D eigenvalue weighted by Gasteiger charge is 2.19. The number of benzene rings is 1. The van der Waals surface area contributed by atoms with Gasteiger partial charge in [0.1, 0.15) is 0 Å². The molecule has 1 heterocycles. The minimum absolute atomic E-state index is 0.433. The minimum atomic E-state index is 0.433. The number of rotatable bonds is 7. The Labute approximate surface area is 126 Å². The molecule has 1 aliphatic heterocycles. The van der Waals surface area contributed by atoms with Crippen LogP contribution >= 0.6 is 0 Å². The van der Waals surface area contributed by atoms with Crippen LogP contribution in [0.25, 0.3) is 0 Å². The third kappa shape index (κ3) is 4.61. The Morgan fingerprint density at radius 1 is 1.14 bits per heavy atom. The standard InChI is InChI=1S/C17H25NO3/c1-13-11-20-16-5-2-14(10-17(16)21-12-13)6-8-19-9-7-18-15-3-4-15/h2,5,10,13,15,18H,3-4,6-9,11-12H2,1H3. The first kappa shape index (κ1) is 14.7. The van der Waals surface area contributed by atoms with Gasteiger partial charge in [-0.25, -0.2) is 0 Å². The molecule has 0 bridgehead atoms. The van der Waals surface area contributed by atoms with Crippen molar-refractivity contribution in [3.63, 3.8) is 0 Å². The van der Waals surface area contributed by atoms with Gasteiger partial charge in [0.25, 0.3) is 0 Å². The van der Waals surface area contributed by atoms with E-state index in [-0.39, 0.29) is 0 Å². The molecule has 0 spiro atoms. The number of fused-ring (bicyclic) bond motifs is 1. The van der Waals surface area contributed by atoms with Gasteiger partial charge in [-0.3, -0.25) is 0 Å². The molecule has 1 aromatic rings. The van der Waals surface area contributed by atoms with E-state index in [9.17, 15) is 0 Å². The number of hydrogen-bond donors (Lipinski definition) is 1. The van der Waals surface area contributed by atoms with Gasteiger partial charge in [0, 0.05) is 18.5 Å². The minimum Gasteiger partial charge on any atom is -0.489 e. The Kier molecular flexibility index (Phi) is 4.99. The fourth-order valence-electron chi connectivity index (χ4n) is 2.37. The van der Waals surface area contributed by atoms with Gasteiger partial charge in [-0.2, -0.15) is 0 Å². The fraction of sp³-hybridized carbons (Fsp3) is 0.647. The Bertz CT molecular complexity index is 459. The van der Waals surface area contributed by atoms with Crippen molar-refractivity contribution in [3.05, 3.63) is 23.8 Å². The normalized spacial score (nSPS) is 21.1. The lowest BCUT2D eigenvalue weighted by molar-refractivity contribution is 0.138. The molecule has 3 rings (SSSR count). The molecular weight excluding hydrogens is 266 g/mol. The molecule has 1 fully saturated rings. The van der Waals surface area contributed by atoms with Crippen LogP contribution in [0.4, 0.5) is 0 Å². The average molecular weight is 291 g/mol. The van der Waals surface area contributed by atoms with Gasteiger partial charge < -0.3 is 19.5 Å². The van der Waals surface area contributed by atoms with Crippen molar-refractivity contribution < 1.29 is 14.2 Å². The van der Waals surface area contributed by atoms with Gasteiger partial charge in [-0.15, -0.1) is 0 Å². The molecule has 1 unspecified atom stereocenters. The molecule has 4 heteroatoms. The third-order valence-electron chi connectivity index (χ3n) is 3.85. The number of ether oxygens (including phenoxy) is 3. The highest BCUT2D eigenvalue weighted by Crippen LogP contribution is 2.31. The summed E-state index contributed by atoms with van der Waals surface area (Å²) in [7, 11) is 0. The molecule has 1 atom stereocenters. The van der Waals surface area contributed by atoms with Gasteiger partial charge in [-0.1, -0.05) is 13.0 Å². The lowest BCUT2D eigenvalue weighted by Crippen LogP contribution is -2.22. The molecule has 1 aromatic carbocycles. The summed E-state index contributed by atoms with van der Waals surface area (Å²) in [4.78, 5) is 0. The lowest BCUT2D eigenvalue weighted by Gasteiger charge is -2.10. The van der Waals surface area contributed by atoms with Crippen molar-refractivity contribution in [2.24, 2.45) is 5.92 Å². The van der Waals surface area contributed by atoms with E-state index in [2.05, 4.69) is 24.4 Å². The summed E-state index contributed by atoms with van der Waals surface area (Å²) in [6, 6.07) is 6.96. The third-order valence-corrected chi connectivity index (χ3v) is 3.85. The summed E-state index contributed by atoms with van der Waals surface area (Å²) in [5.41, 5.74) is 1.24. The van der Waals surface area contributed by atoms with Crippen molar-refractivity contribution in [2.45, 2.75) is 32.2 Å². The maximum absolute atomic E-state index is 5.80. The van der Waals surface area contributed by atoms with Gasteiger partial charge in [0.15, 0.2) is 11.5 Å². The first-order valence-electron chi connectivity index (χ1n) is 8.01. The van der Waals surface area contributed by atoms with E-state index in [1.807, 2.05) is 6.07 Å². The first-order valence-corrected chi connectivity index (χ1v) is 8.01. The topological polar surface area (TPSA) is 39.7 Å². The predicted molar refractivity (Wildman–Crippen MR) is 82.1 cm³/mol. The molecule has 21 heavy (non-hydrogen) atoms. The van der Waals surface area contributed by atoms with Crippen LogP contribution in [0.2, 0.25) is 0 Å². The van der Waals surface area contributed by atoms with E-state index in [0.29, 0.717) is 5.92 Å². The molecular formula is C17H25NO3. The second kappa shape index (κ2) is 7.14. The van der Waals surface area contributed by atoms with Crippen LogP contribution in [-0.4, -0.2) is 39.0 Å². The monoisotopic (exact) mass is 291 g/mol. The van der Waals surface area contributed by atoms with Crippen LogP contribution in [0, 0.1) is 5.92 Å². The summed E-state index contributed by atoms with van der Waals surface area (Å²) >= 11 is 0. The molecule has 4 nitrogen and oxygen atoms in total. The van der Waals surface area contributed by atoms with Crippen LogP contribution in [0.15, 0.2) is 18.2 Å². The quantitative estimate of drug-likeness (QED) is 0.783. The average Bonchev–Trinajstić information content (AvgIpc) is 3.32. The van der Waals surface area contributed by atoms with E-state index in [1.165, 1.54) is 18.4 Å². The summed E-state index contributed by atoms with van der Waals surface area (Å²) < 4.78 is 17.2. The molecule has 1 saturated carbocycles. The second-order valence-electron chi connectivity index (χ2n) is 6.10. The summed E-state index contributed by atoms with van der Waals surface area (Å²) in [5.74, 6) is 2.16. The predicted octanol–water partition coefficient (Wildman–Crippen LogP) is 2.41. The van der Waals surface area contributed by atoms with E-state index in [4.69, 9.17) is 14.2 Å². The maximum Gasteiger partial charge on any atom is 0.161 e. The van der Waals surface area contributed by atoms with Crippen molar-refractivity contribution >= 4 is 0 Å². The Hall–Kier alpha value is -1.26. The van der Waals surface area contributed by atoms with Crippen LogP contribution in [0.3, 0.4) is 0 Å². The van der Waals surface area contributed by atoms with E-state index < -0.39 is 0 Å². The number of hydrogen-bond acceptors (Lipinski definition) is 4. The fourth-order valence-corrected chi connectivity index (χ4v) is 2.37. The van der Waals surface area contributed by atoms with E-state index >= 15 is 0 Å². The molecule has 2 aliphatic rings. The lowest BCUT2D eigenvalue weighted by atomic mass is 10.1. The molecule has 0 aromatic heterocycles. The second-order valence-corrected chi connectivity index (χ2v) is 6.10. The smallest absolute Gasteiger partial charge is 0.161 e. The van der Waals surface area contributed by atoms with Crippen LogP contribution < -0.4 is 14.8 Å². The first-order chi connectivity index (χ1) is 10.3. The molecule has 0 saturated heterocycles. The summed E-state index contributed by atoms with van der Waals surface area (Å²) in [5, 5.41) is 3.45. The van der Waals surface area contributed by atoms with Crippen LogP contribution in [0.5, 0.6) is 11.5 Å². The van der Waals surface area contributed by atoms with E-state index in [1.54, 1.807) is 0 Å². The highest BCUT2D eigenvalue weighted by atomic mass is 16.5. The molecule has 1 N–H and O–H groups in total. The number of nitrogens with one attached hydrogen (secondary N) is 1. The highest BCUT2D eigenvalue weighted by molar-refractivity contribution is 5.43. The van der Waals surface area contributed by atoms with Crippen molar-refractivity contribution in [1.82, 2.24) is 5.32 Å². The van der Waals surface area contributed by atoms with Crippen molar-refractivity contribution in [1.29, 1.82) is 0 Å². The molecule has 116 valence electrons. The van der Waals surface area contributed by atoms with Gasteiger partial charge in [0.05, 0.1) is 26.4 Å². The Morgan fingerprint density at radius 3 is 2.76 bits per heavy atom. The Morgan fingerprint density at radius 2 is 1.95 bits per heavy atom. The zero-order valence-electron chi connectivity index (χ0n) is 12.8. The van der Waals surface area contributed by atoms with Crippen molar-refractivity contribution in [2.75, 3.05) is 33.0 Å². The van der Waals surface area contributed by atoms with Gasteiger partial charge in [-0.05, 0) is 37.0 Å². The molecule has 0 amide bonds. The zero-order valence-corrected chi connectivity index (χ0v) is 12.8. The molecule has 0 radical (unpaired) electrons. The van der Waals surface area contributed by atoms with Crippen molar-refractivity contribution in [3.8, 4) is 11.5 Å². The summed E-state index contributed by atoms with van der Waals surface area (Å²) in [6.45, 7) is 6.09. The Balaban J connectivity index is 1.41. The maximum atomic E-state index is 5.80. The SMILES string of the molecule is CC1COc2ccc(CCOCCNC3CC3)cc2OC1. The van der Waals surface area contributed by atoms with Gasteiger partial charge >= 0.3 is 0 Å². The summed E-state index contributed by atoms with van der Waals surface area (Å²) in [6.07, 6.45) is 3.57. The largest absolute Gasteiger partial charge is 0.489 e.